The zero-order valence-electron chi connectivity index (χ0n) is 26.6. The first-order valence-corrected chi connectivity index (χ1v) is 16.9. The van der Waals surface area contributed by atoms with Crippen LogP contribution in [0.2, 0.25) is 0 Å². The summed E-state index contributed by atoms with van der Waals surface area (Å²) in [6.07, 6.45) is 0. The third-order valence-corrected chi connectivity index (χ3v) is 10.4. The van der Waals surface area contributed by atoms with Crippen molar-refractivity contribution in [3.8, 4) is 17.1 Å². The second-order valence-electron chi connectivity index (χ2n) is 13.0. The first-order chi connectivity index (χ1) is 24.3. The number of rotatable bonds is 3. The third-order valence-electron chi connectivity index (χ3n) is 10.4. The highest BCUT2D eigenvalue weighted by Crippen LogP contribution is 2.42. The van der Waals surface area contributed by atoms with Crippen molar-refractivity contribution in [1.82, 2.24) is 13.7 Å². The molecule has 11 aromatic rings. The zero-order valence-corrected chi connectivity index (χ0v) is 26.6. The highest BCUT2D eigenvalue weighted by molar-refractivity contribution is 6.21. The quantitative estimate of drug-likeness (QED) is 0.186. The molecule has 49 heavy (non-hydrogen) atoms. The Balaban J connectivity index is 1.28. The predicted octanol–water partition coefficient (Wildman–Crippen LogP) is 12.1. The fraction of sp³-hybridized carbons (Fsp3) is 0. The Hall–Kier alpha value is -6.58. The van der Waals surface area contributed by atoms with Gasteiger partial charge in [-0.3, -0.25) is 0 Å². The summed E-state index contributed by atoms with van der Waals surface area (Å²) in [6.45, 7) is 0. The smallest absolute Gasteiger partial charge is 0.0548 e. The van der Waals surface area contributed by atoms with E-state index in [2.05, 4.69) is 190 Å². The maximum Gasteiger partial charge on any atom is 0.0548 e. The molecule has 3 aromatic heterocycles. The Kier molecular flexibility index (Phi) is 5.38. The number of para-hydroxylation sites is 4. The van der Waals surface area contributed by atoms with Gasteiger partial charge < -0.3 is 13.7 Å². The summed E-state index contributed by atoms with van der Waals surface area (Å²) in [4.78, 5) is 0. The SMILES string of the molecule is c1ccc(-n2c3ccccc3c3cc(-n4c5cc6ccccc6cc5c5cc6c(cc54)c4ccccc4n6-c4ccccc4)ccc32)cc1. The van der Waals surface area contributed by atoms with Crippen LogP contribution in [0.4, 0.5) is 0 Å². The molecular weight excluding hydrogens is 595 g/mol. The Bertz CT molecular complexity index is 3090. The van der Waals surface area contributed by atoms with E-state index in [0.717, 1.165) is 5.69 Å². The Labute approximate surface area is 282 Å². The lowest BCUT2D eigenvalue weighted by Gasteiger charge is -2.11. The van der Waals surface area contributed by atoms with Gasteiger partial charge in [0.1, 0.15) is 0 Å². The van der Waals surface area contributed by atoms with E-state index in [1.165, 1.54) is 87.6 Å². The molecule has 0 spiro atoms. The van der Waals surface area contributed by atoms with Gasteiger partial charge in [0.25, 0.3) is 0 Å². The van der Waals surface area contributed by atoms with Gasteiger partial charge in [0.2, 0.25) is 0 Å². The van der Waals surface area contributed by atoms with Crippen molar-refractivity contribution in [2.24, 2.45) is 0 Å². The van der Waals surface area contributed by atoms with Crippen molar-refractivity contribution in [2.75, 3.05) is 0 Å². The fourth-order valence-corrected chi connectivity index (χ4v) is 8.25. The van der Waals surface area contributed by atoms with E-state index in [4.69, 9.17) is 0 Å². The maximum absolute atomic E-state index is 2.49. The van der Waals surface area contributed by atoms with Crippen LogP contribution in [0.15, 0.2) is 176 Å². The minimum absolute atomic E-state index is 1.16. The van der Waals surface area contributed by atoms with E-state index in [1.807, 2.05) is 0 Å². The summed E-state index contributed by atoms with van der Waals surface area (Å²) >= 11 is 0. The second kappa shape index (κ2) is 9.96. The molecular formula is C46H29N3. The van der Waals surface area contributed by atoms with Crippen molar-refractivity contribution in [1.29, 1.82) is 0 Å². The summed E-state index contributed by atoms with van der Waals surface area (Å²) in [7, 11) is 0. The Morgan fingerprint density at radius 1 is 0.224 bits per heavy atom. The van der Waals surface area contributed by atoms with Gasteiger partial charge in [-0.2, -0.15) is 0 Å². The van der Waals surface area contributed by atoms with Gasteiger partial charge in [-0.15, -0.1) is 0 Å². The van der Waals surface area contributed by atoms with Crippen molar-refractivity contribution >= 4 is 76.2 Å². The van der Waals surface area contributed by atoms with Crippen molar-refractivity contribution in [3.63, 3.8) is 0 Å². The molecule has 0 bridgehead atoms. The molecule has 3 nitrogen and oxygen atoms in total. The average molecular weight is 624 g/mol. The van der Waals surface area contributed by atoms with Gasteiger partial charge >= 0.3 is 0 Å². The average Bonchev–Trinajstić information content (AvgIpc) is 3.78. The molecule has 0 saturated carbocycles. The van der Waals surface area contributed by atoms with Crippen LogP contribution in [0.5, 0.6) is 0 Å². The van der Waals surface area contributed by atoms with Gasteiger partial charge in [-0.25, -0.2) is 0 Å². The van der Waals surface area contributed by atoms with Crippen molar-refractivity contribution in [2.45, 2.75) is 0 Å². The van der Waals surface area contributed by atoms with Crippen LogP contribution in [0.1, 0.15) is 0 Å². The standard InChI is InChI=1S/C46H29N3/c1-3-15-32(16-4-1)47-41-21-11-9-19-35(41)38-27-34(23-24-43(38)47)49-44-26-31-14-8-7-13-30(31)25-37(44)40-29-45-39(28-46(40)49)36-20-10-12-22-42(36)48(45)33-17-5-2-6-18-33/h1-29H. The molecule has 11 rings (SSSR count). The number of nitrogens with zero attached hydrogens (tertiary/aromatic N) is 3. The molecule has 0 atom stereocenters. The number of benzene rings is 8. The molecule has 0 aliphatic rings. The summed E-state index contributed by atoms with van der Waals surface area (Å²) in [5.41, 5.74) is 10.8. The second-order valence-corrected chi connectivity index (χ2v) is 13.0. The largest absolute Gasteiger partial charge is 0.309 e. The summed E-state index contributed by atoms with van der Waals surface area (Å²) in [6, 6.07) is 64.3. The first-order valence-electron chi connectivity index (χ1n) is 16.9. The highest BCUT2D eigenvalue weighted by Gasteiger charge is 2.20. The molecule has 0 saturated heterocycles. The predicted molar refractivity (Wildman–Crippen MR) is 207 cm³/mol. The Morgan fingerprint density at radius 3 is 1.27 bits per heavy atom. The molecule has 0 radical (unpaired) electrons. The van der Waals surface area contributed by atoms with Crippen molar-refractivity contribution < 1.29 is 0 Å². The van der Waals surface area contributed by atoms with Crippen LogP contribution in [-0.4, -0.2) is 13.7 Å². The topological polar surface area (TPSA) is 14.8 Å². The van der Waals surface area contributed by atoms with E-state index in [-0.39, 0.29) is 0 Å². The minimum atomic E-state index is 1.16. The fourth-order valence-electron chi connectivity index (χ4n) is 8.25. The van der Waals surface area contributed by atoms with E-state index < -0.39 is 0 Å². The first kappa shape index (κ1) is 26.5. The molecule has 0 aliphatic carbocycles. The number of hydrogen-bond acceptors (Lipinski definition) is 0. The van der Waals surface area contributed by atoms with Crippen LogP contribution in [0.25, 0.3) is 93.3 Å². The van der Waals surface area contributed by atoms with Crippen LogP contribution >= 0.6 is 0 Å². The van der Waals surface area contributed by atoms with Crippen molar-refractivity contribution in [3.05, 3.63) is 176 Å². The molecule has 0 aliphatic heterocycles. The van der Waals surface area contributed by atoms with Gasteiger partial charge in [-0.1, -0.05) is 97.1 Å². The highest BCUT2D eigenvalue weighted by atomic mass is 15.0. The van der Waals surface area contributed by atoms with Crippen LogP contribution < -0.4 is 0 Å². The van der Waals surface area contributed by atoms with Gasteiger partial charge in [0.05, 0.1) is 33.1 Å². The molecule has 0 amide bonds. The number of fused-ring (bicyclic) bond motifs is 10. The number of hydrogen-bond donors (Lipinski definition) is 0. The normalized spacial score (nSPS) is 12.1. The van der Waals surface area contributed by atoms with E-state index in [1.54, 1.807) is 0 Å². The minimum Gasteiger partial charge on any atom is -0.309 e. The van der Waals surface area contributed by atoms with Gasteiger partial charge in [0.15, 0.2) is 0 Å². The van der Waals surface area contributed by atoms with Gasteiger partial charge in [0, 0.05) is 49.4 Å². The summed E-state index contributed by atoms with van der Waals surface area (Å²) in [5, 5.41) is 10.0. The summed E-state index contributed by atoms with van der Waals surface area (Å²) < 4.78 is 7.29. The lowest BCUT2D eigenvalue weighted by molar-refractivity contribution is 1.17. The molecule has 0 unspecified atom stereocenters. The van der Waals surface area contributed by atoms with E-state index in [0.29, 0.717) is 0 Å². The molecule has 8 aromatic carbocycles. The lowest BCUT2D eigenvalue weighted by atomic mass is 10.0. The molecule has 3 heteroatoms. The molecule has 0 N–H and O–H groups in total. The maximum atomic E-state index is 2.49. The monoisotopic (exact) mass is 623 g/mol. The zero-order chi connectivity index (χ0) is 32.1. The van der Waals surface area contributed by atoms with E-state index >= 15 is 0 Å². The molecule has 228 valence electrons. The number of aromatic nitrogens is 3. The molecule has 3 heterocycles. The third kappa shape index (κ3) is 3.73. The van der Waals surface area contributed by atoms with Crippen LogP contribution in [0, 0.1) is 0 Å². The lowest BCUT2D eigenvalue weighted by Crippen LogP contribution is -1.96. The van der Waals surface area contributed by atoms with Crippen LogP contribution in [-0.2, 0) is 0 Å². The van der Waals surface area contributed by atoms with E-state index in [9.17, 15) is 0 Å². The summed E-state index contributed by atoms with van der Waals surface area (Å²) in [5.74, 6) is 0. The van der Waals surface area contributed by atoms with Gasteiger partial charge in [-0.05, 0) is 89.6 Å². The Morgan fingerprint density at radius 2 is 0.633 bits per heavy atom. The van der Waals surface area contributed by atoms with Crippen LogP contribution in [0.3, 0.4) is 0 Å². The molecule has 0 fully saturated rings.